The molecular weight excluding hydrogens is 420 g/mol. The van der Waals surface area contributed by atoms with Crippen molar-refractivity contribution in [1.82, 2.24) is 14.5 Å². The number of urea groups is 1. The number of carbonyl (C=O) groups is 1. The van der Waals surface area contributed by atoms with Crippen molar-refractivity contribution in [2.45, 2.75) is 62.5 Å². The Morgan fingerprint density at radius 3 is 2.74 bits per heavy atom. The smallest absolute Gasteiger partial charge is 0.333 e. The number of aromatic nitrogens is 2. The van der Waals surface area contributed by atoms with Crippen molar-refractivity contribution in [2.75, 3.05) is 19.0 Å². The van der Waals surface area contributed by atoms with Gasteiger partial charge in [-0.25, -0.2) is 22.6 Å². The molecule has 2 aromatic rings. The molecule has 0 spiro atoms. The van der Waals surface area contributed by atoms with Crippen LogP contribution >= 0.6 is 0 Å². The van der Waals surface area contributed by atoms with E-state index in [0.29, 0.717) is 12.2 Å². The quantitative estimate of drug-likeness (QED) is 0.745. The molecule has 0 fully saturated rings. The summed E-state index contributed by atoms with van der Waals surface area (Å²) in [6, 6.07) is 1.22. The van der Waals surface area contributed by atoms with Crippen molar-refractivity contribution in [3.8, 4) is 5.88 Å². The van der Waals surface area contributed by atoms with Gasteiger partial charge in [0.15, 0.2) is 4.90 Å². The topological polar surface area (TPSA) is 112 Å². The zero-order valence-electron chi connectivity index (χ0n) is 17.7. The molecule has 1 aliphatic heterocycles. The lowest BCUT2D eigenvalue weighted by molar-refractivity contribution is -0.0654. The fourth-order valence-corrected chi connectivity index (χ4v) is 5.83. The van der Waals surface area contributed by atoms with E-state index in [1.165, 1.54) is 27.6 Å². The Hall–Kier alpha value is -2.59. The van der Waals surface area contributed by atoms with Crippen LogP contribution in [-0.2, 0) is 47.0 Å². The Balaban J connectivity index is 1.36. The fourth-order valence-electron chi connectivity index (χ4n) is 4.85. The molecule has 9 nitrogen and oxygen atoms in total. The summed E-state index contributed by atoms with van der Waals surface area (Å²) in [4.78, 5) is 12.5. The SMILES string of the molecule is COC1(C)COc2c(S(=O)(=O)NC(=O)Nc3cc4c(c5c3CCC5)CCC4)cnn2C1. The van der Waals surface area contributed by atoms with Crippen molar-refractivity contribution in [3.05, 3.63) is 34.5 Å². The lowest BCUT2D eigenvalue weighted by Gasteiger charge is -2.32. The third kappa shape index (κ3) is 3.47. The highest BCUT2D eigenvalue weighted by Gasteiger charge is 2.36. The van der Waals surface area contributed by atoms with Gasteiger partial charge in [0.05, 0.1) is 12.7 Å². The van der Waals surface area contributed by atoms with Gasteiger partial charge in [0, 0.05) is 12.8 Å². The fraction of sp³-hybridized carbons (Fsp3) is 0.524. The maximum absolute atomic E-state index is 12.9. The van der Waals surface area contributed by atoms with Crippen LogP contribution in [0.2, 0.25) is 0 Å². The van der Waals surface area contributed by atoms with Crippen LogP contribution in [0.25, 0.3) is 0 Å². The zero-order valence-corrected chi connectivity index (χ0v) is 18.5. The number of methoxy groups -OCH3 is 1. The summed E-state index contributed by atoms with van der Waals surface area (Å²) in [7, 11) is -2.59. The van der Waals surface area contributed by atoms with E-state index in [1.807, 2.05) is 13.0 Å². The van der Waals surface area contributed by atoms with E-state index >= 15 is 0 Å². The average molecular weight is 447 g/mol. The third-order valence-corrected chi connectivity index (χ3v) is 7.82. The average Bonchev–Trinajstić information content (AvgIpc) is 3.45. The predicted octanol–water partition coefficient (Wildman–Crippen LogP) is 2.17. The number of aryl methyl sites for hydroxylation is 1. The van der Waals surface area contributed by atoms with Gasteiger partial charge in [-0.3, -0.25) is 0 Å². The summed E-state index contributed by atoms with van der Waals surface area (Å²) in [6.07, 6.45) is 7.38. The standard InChI is InChI=1S/C21H26N4O5S/c1-21(29-2)11-25-19(30-12-21)18(10-22-25)31(27,28)24-20(26)23-17-9-13-5-3-6-14(13)15-7-4-8-16(15)17/h9-10H,3-8,11-12H2,1-2H3,(H2,23,24,26). The van der Waals surface area contributed by atoms with E-state index in [9.17, 15) is 13.2 Å². The van der Waals surface area contributed by atoms with Crippen molar-refractivity contribution in [2.24, 2.45) is 0 Å². The predicted molar refractivity (Wildman–Crippen MR) is 113 cm³/mol. The second kappa shape index (κ2) is 7.23. The molecule has 2 heterocycles. The number of hydrogen-bond acceptors (Lipinski definition) is 6. The molecule has 1 atom stereocenters. The summed E-state index contributed by atoms with van der Waals surface area (Å²) in [5.74, 6) is 0.105. The zero-order chi connectivity index (χ0) is 21.8. The van der Waals surface area contributed by atoms with Crippen LogP contribution in [0.1, 0.15) is 42.0 Å². The molecular formula is C21H26N4O5S. The minimum Gasteiger partial charge on any atom is -0.474 e. The summed E-state index contributed by atoms with van der Waals surface area (Å²) >= 11 is 0. The van der Waals surface area contributed by atoms with Crippen LogP contribution in [0.3, 0.4) is 0 Å². The first-order valence-corrected chi connectivity index (χ1v) is 12.0. The van der Waals surface area contributed by atoms with Gasteiger partial charge in [0.25, 0.3) is 10.0 Å². The van der Waals surface area contributed by atoms with E-state index in [2.05, 4.69) is 15.1 Å². The molecule has 166 valence electrons. The van der Waals surface area contributed by atoms with E-state index in [1.54, 1.807) is 7.11 Å². The molecule has 2 amide bonds. The Morgan fingerprint density at radius 2 is 1.94 bits per heavy atom. The number of carbonyl (C=O) groups excluding carboxylic acids is 1. The first kappa shape index (κ1) is 20.3. The molecule has 31 heavy (non-hydrogen) atoms. The number of sulfonamides is 1. The van der Waals surface area contributed by atoms with Gasteiger partial charge in [-0.05, 0) is 73.8 Å². The first-order valence-electron chi connectivity index (χ1n) is 10.5. The second-order valence-corrected chi connectivity index (χ2v) is 10.4. The largest absolute Gasteiger partial charge is 0.474 e. The van der Waals surface area contributed by atoms with E-state index < -0.39 is 21.7 Å². The molecule has 2 aliphatic carbocycles. The molecule has 1 unspecified atom stereocenters. The maximum atomic E-state index is 12.9. The number of benzene rings is 1. The minimum atomic E-state index is -4.16. The Morgan fingerprint density at radius 1 is 1.19 bits per heavy atom. The number of fused-ring (bicyclic) bond motifs is 4. The van der Waals surface area contributed by atoms with Crippen LogP contribution < -0.4 is 14.8 Å². The number of anilines is 1. The van der Waals surface area contributed by atoms with E-state index in [4.69, 9.17) is 9.47 Å². The number of amides is 2. The van der Waals surface area contributed by atoms with Crippen LogP contribution in [0.5, 0.6) is 5.88 Å². The van der Waals surface area contributed by atoms with Crippen molar-refractivity contribution < 1.29 is 22.7 Å². The van der Waals surface area contributed by atoms with Crippen LogP contribution in [0.4, 0.5) is 10.5 Å². The number of nitrogens with one attached hydrogen (secondary N) is 2. The van der Waals surface area contributed by atoms with E-state index in [0.717, 1.165) is 44.1 Å². The summed E-state index contributed by atoms with van der Waals surface area (Å²) in [6.45, 7) is 2.39. The van der Waals surface area contributed by atoms with Gasteiger partial charge < -0.3 is 14.8 Å². The lowest BCUT2D eigenvalue weighted by Crippen LogP contribution is -2.44. The van der Waals surface area contributed by atoms with Gasteiger partial charge in [0.2, 0.25) is 5.88 Å². The van der Waals surface area contributed by atoms with Crippen molar-refractivity contribution in [1.29, 1.82) is 0 Å². The molecule has 10 heteroatoms. The minimum absolute atomic E-state index is 0.105. The number of ether oxygens (including phenoxy) is 2. The normalized spacial score (nSPS) is 21.7. The third-order valence-electron chi connectivity index (χ3n) is 6.50. The molecule has 5 rings (SSSR count). The molecule has 3 aliphatic rings. The summed E-state index contributed by atoms with van der Waals surface area (Å²) in [5, 5.41) is 6.88. The number of nitrogens with zero attached hydrogens (tertiary/aromatic N) is 2. The first-order chi connectivity index (χ1) is 14.8. The molecule has 1 aromatic carbocycles. The Labute approximate surface area is 181 Å². The molecule has 0 saturated carbocycles. The molecule has 2 N–H and O–H groups in total. The molecule has 1 aromatic heterocycles. The Bertz CT molecular complexity index is 1170. The second-order valence-electron chi connectivity index (χ2n) is 8.70. The molecule has 0 radical (unpaired) electrons. The highest BCUT2D eigenvalue weighted by Crippen LogP contribution is 2.38. The van der Waals surface area contributed by atoms with Crippen molar-refractivity contribution >= 4 is 21.7 Å². The van der Waals surface area contributed by atoms with Crippen LogP contribution in [0.15, 0.2) is 17.2 Å². The monoisotopic (exact) mass is 446 g/mol. The lowest BCUT2D eigenvalue weighted by atomic mass is 9.98. The van der Waals surface area contributed by atoms with Gasteiger partial charge >= 0.3 is 6.03 Å². The van der Waals surface area contributed by atoms with Gasteiger partial charge in [-0.15, -0.1) is 0 Å². The van der Waals surface area contributed by atoms with E-state index in [-0.39, 0.29) is 17.4 Å². The number of rotatable bonds is 4. The van der Waals surface area contributed by atoms with Crippen LogP contribution in [0, 0.1) is 0 Å². The summed E-state index contributed by atoms with van der Waals surface area (Å²) < 4.78 is 40.3. The van der Waals surface area contributed by atoms with Gasteiger partial charge in [-0.1, -0.05) is 0 Å². The van der Waals surface area contributed by atoms with Gasteiger partial charge in [0.1, 0.15) is 12.2 Å². The van der Waals surface area contributed by atoms with Crippen molar-refractivity contribution in [3.63, 3.8) is 0 Å². The maximum Gasteiger partial charge on any atom is 0.333 e. The number of hydrogen-bond donors (Lipinski definition) is 2. The highest BCUT2D eigenvalue weighted by molar-refractivity contribution is 7.90. The highest BCUT2D eigenvalue weighted by atomic mass is 32.2. The Kier molecular flexibility index (Phi) is 4.74. The molecule has 0 bridgehead atoms. The van der Waals surface area contributed by atoms with Crippen LogP contribution in [-0.4, -0.2) is 43.5 Å². The summed E-state index contributed by atoms with van der Waals surface area (Å²) in [5.41, 5.74) is 5.28. The van der Waals surface area contributed by atoms with Gasteiger partial charge in [-0.2, -0.15) is 5.10 Å². The molecule has 0 saturated heterocycles.